The first-order valence-electron chi connectivity index (χ1n) is 5.69. The summed E-state index contributed by atoms with van der Waals surface area (Å²) in [4.78, 5) is 10.0. The van der Waals surface area contributed by atoms with Gasteiger partial charge in [0.2, 0.25) is 0 Å². The number of hydrogen-bond acceptors (Lipinski definition) is 3. The number of hydrogen-bond donors (Lipinski definition) is 1. The topological polar surface area (TPSA) is 55.2 Å². The highest BCUT2D eigenvalue weighted by Crippen LogP contribution is 2.27. The van der Waals surface area contributed by atoms with Gasteiger partial charge >= 0.3 is 0 Å². The van der Waals surface area contributed by atoms with Crippen molar-refractivity contribution in [1.82, 2.24) is 0 Å². The fraction of sp³-hybridized carbons (Fsp3) is 0.0769. The molecular formula is C13H8ClF3N2O2. The first-order chi connectivity index (χ1) is 9.88. The summed E-state index contributed by atoms with van der Waals surface area (Å²) in [6, 6.07) is 4.83. The lowest BCUT2D eigenvalue weighted by atomic mass is 10.2. The maximum Gasteiger partial charge on any atom is 0.271 e. The Morgan fingerprint density at radius 3 is 2.43 bits per heavy atom. The molecule has 0 amide bonds. The second-order valence-corrected chi connectivity index (χ2v) is 4.54. The predicted molar refractivity (Wildman–Crippen MR) is 71.7 cm³/mol. The monoisotopic (exact) mass is 316 g/mol. The van der Waals surface area contributed by atoms with E-state index in [1.807, 2.05) is 0 Å². The normalized spacial score (nSPS) is 10.5. The molecule has 0 unspecified atom stereocenters. The summed E-state index contributed by atoms with van der Waals surface area (Å²) in [5, 5.41) is 13.5. The van der Waals surface area contributed by atoms with E-state index in [2.05, 4.69) is 5.32 Å². The van der Waals surface area contributed by atoms with Crippen molar-refractivity contribution in [2.75, 3.05) is 5.32 Å². The summed E-state index contributed by atoms with van der Waals surface area (Å²) in [6.45, 7) is -0.204. The third-order valence-corrected chi connectivity index (χ3v) is 3.05. The zero-order valence-corrected chi connectivity index (χ0v) is 11.1. The van der Waals surface area contributed by atoms with E-state index in [0.29, 0.717) is 12.1 Å². The lowest BCUT2D eigenvalue weighted by molar-refractivity contribution is -0.384. The van der Waals surface area contributed by atoms with Crippen LogP contribution in [0.4, 0.5) is 24.5 Å². The fourth-order valence-electron chi connectivity index (χ4n) is 1.65. The van der Waals surface area contributed by atoms with Crippen LogP contribution >= 0.6 is 11.6 Å². The number of non-ortho nitro benzene ring substituents is 1. The number of benzene rings is 2. The Bertz CT molecular complexity index is 710. The molecule has 2 rings (SSSR count). The molecule has 0 aliphatic carbocycles. The summed E-state index contributed by atoms with van der Waals surface area (Å²) in [7, 11) is 0. The number of nitro groups is 1. The van der Waals surface area contributed by atoms with E-state index >= 15 is 0 Å². The molecule has 0 spiro atoms. The van der Waals surface area contributed by atoms with Gasteiger partial charge in [-0.1, -0.05) is 11.6 Å². The second kappa shape index (κ2) is 6.01. The van der Waals surface area contributed by atoms with Crippen molar-refractivity contribution in [3.8, 4) is 0 Å². The maximum absolute atomic E-state index is 13.5. The van der Waals surface area contributed by atoms with Crippen LogP contribution in [0.1, 0.15) is 5.56 Å². The number of rotatable bonds is 4. The van der Waals surface area contributed by atoms with Gasteiger partial charge < -0.3 is 5.32 Å². The lowest BCUT2D eigenvalue weighted by Crippen LogP contribution is -2.04. The summed E-state index contributed by atoms with van der Waals surface area (Å²) in [5.41, 5.74) is -0.140. The van der Waals surface area contributed by atoms with E-state index in [-0.39, 0.29) is 28.5 Å². The van der Waals surface area contributed by atoms with E-state index in [4.69, 9.17) is 11.6 Å². The zero-order chi connectivity index (χ0) is 15.6. The molecule has 0 aliphatic heterocycles. The highest BCUT2D eigenvalue weighted by molar-refractivity contribution is 6.33. The van der Waals surface area contributed by atoms with Crippen molar-refractivity contribution < 1.29 is 18.1 Å². The summed E-state index contributed by atoms with van der Waals surface area (Å²) in [5.74, 6) is -3.40. The predicted octanol–water partition coefficient (Wildman–Crippen LogP) is 4.28. The third-order valence-electron chi connectivity index (χ3n) is 2.72. The Balaban J connectivity index is 2.22. The van der Waals surface area contributed by atoms with Crippen LogP contribution in [0.5, 0.6) is 0 Å². The van der Waals surface area contributed by atoms with Gasteiger partial charge in [-0.15, -0.1) is 0 Å². The molecule has 0 fully saturated rings. The van der Waals surface area contributed by atoms with Crippen LogP contribution in [0.2, 0.25) is 5.02 Å². The Hall–Kier alpha value is -2.28. The average molecular weight is 317 g/mol. The zero-order valence-electron chi connectivity index (χ0n) is 10.4. The Morgan fingerprint density at radius 1 is 1.10 bits per heavy atom. The Labute approximate surface area is 122 Å². The van der Waals surface area contributed by atoms with Crippen molar-refractivity contribution in [3.63, 3.8) is 0 Å². The summed E-state index contributed by atoms with van der Waals surface area (Å²) in [6.07, 6.45) is 0. The molecule has 0 aromatic heterocycles. The second-order valence-electron chi connectivity index (χ2n) is 4.13. The van der Waals surface area contributed by atoms with Crippen molar-refractivity contribution >= 4 is 23.0 Å². The first kappa shape index (κ1) is 15.1. The molecule has 8 heteroatoms. The van der Waals surface area contributed by atoms with Gasteiger partial charge in [0.25, 0.3) is 5.69 Å². The number of anilines is 1. The maximum atomic E-state index is 13.5. The van der Waals surface area contributed by atoms with Gasteiger partial charge in [0.1, 0.15) is 5.82 Å². The highest BCUT2D eigenvalue weighted by Gasteiger charge is 2.12. The van der Waals surface area contributed by atoms with Crippen molar-refractivity contribution in [2.24, 2.45) is 0 Å². The molecule has 0 aliphatic rings. The standard InChI is InChI=1S/C13H8ClF3N2O2/c14-9-2-1-8(19(20)21)4-13(9)18-6-7-3-11(16)12(17)5-10(7)15/h1-5,18H,6H2. The molecule has 2 aromatic rings. The molecular weight excluding hydrogens is 309 g/mol. The van der Waals surface area contributed by atoms with Crippen molar-refractivity contribution in [1.29, 1.82) is 0 Å². The van der Waals surface area contributed by atoms with Gasteiger partial charge in [-0.3, -0.25) is 10.1 Å². The quantitative estimate of drug-likeness (QED) is 0.520. The Kier molecular flexibility index (Phi) is 4.32. The average Bonchev–Trinajstić information content (AvgIpc) is 2.42. The largest absolute Gasteiger partial charge is 0.379 e. The molecule has 0 saturated carbocycles. The minimum Gasteiger partial charge on any atom is -0.379 e. The van der Waals surface area contributed by atoms with E-state index in [0.717, 1.165) is 0 Å². The van der Waals surface area contributed by atoms with Gasteiger partial charge in [-0.05, 0) is 12.1 Å². The number of halogens is 4. The Morgan fingerprint density at radius 2 is 1.76 bits per heavy atom. The van der Waals surface area contributed by atoms with Crippen LogP contribution in [0, 0.1) is 27.6 Å². The molecule has 0 saturated heterocycles. The molecule has 1 N–H and O–H groups in total. The van der Waals surface area contributed by atoms with Crippen LogP contribution < -0.4 is 5.32 Å². The third kappa shape index (κ3) is 3.43. The number of nitrogens with one attached hydrogen (secondary N) is 1. The molecule has 0 bridgehead atoms. The van der Waals surface area contributed by atoms with Crippen molar-refractivity contribution in [2.45, 2.75) is 6.54 Å². The van der Waals surface area contributed by atoms with Crippen LogP contribution in [0.25, 0.3) is 0 Å². The van der Waals surface area contributed by atoms with Crippen LogP contribution in [-0.2, 0) is 6.54 Å². The fourth-order valence-corrected chi connectivity index (χ4v) is 1.84. The summed E-state index contributed by atoms with van der Waals surface area (Å²) >= 11 is 5.85. The smallest absolute Gasteiger partial charge is 0.271 e. The van der Waals surface area contributed by atoms with Gasteiger partial charge in [0, 0.05) is 30.3 Å². The molecule has 21 heavy (non-hydrogen) atoms. The van der Waals surface area contributed by atoms with Crippen LogP contribution in [-0.4, -0.2) is 4.92 Å². The number of nitrogens with zero attached hydrogens (tertiary/aromatic N) is 1. The minimum atomic E-state index is -1.29. The SMILES string of the molecule is O=[N+]([O-])c1ccc(Cl)c(NCc2cc(F)c(F)cc2F)c1. The molecule has 0 atom stereocenters. The van der Waals surface area contributed by atoms with E-state index in [1.54, 1.807) is 0 Å². The summed E-state index contributed by atoms with van der Waals surface area (Å²) < 4.78 is 39.3. The molecule has 110 valence electrons. The van der Waals surface area contributed by atoms with Gasteiger partial charge in [-0.25, -0.2) is 13.2 Å². The lowest BCUT2D eigenvalue weighted by Gasteiger charge is -2.09. The molecule has 0 radical (unpaired) electrons. The highest BCUT2D eigenvalue weighted by atomic mass is 35.5. The van der Waals surface area contributed by atoms with E-state index in [1.165, 1.54) is 18.2 Å². The number of nitro benzene ring substituents is 1. The molecule has 2 aromatic carbocycles. The van der Waals surface area contributed by atoms with Gasteiger partial charge in [0.15, 0.2) is 11.6 Å². The van der Waals surface area contributed by atoms with Crippen LogP contribution in [0.15, 0.2) is 30.3 Å². The van der Waals surface area contributed by atoms with Crippen LogP contribution in [0.3, 0.4) is 0 Å². The molecule has 4 nitrogen and oxygen atoms in total. The van der Waals surface area contributed by atoms with E-state index in [9.17, 15) is 23.3 Å². The van der Waals surface area contributed by atoms with Crippen molar-refractivity contribution in [3.05, 3.63) is 68.5 Å². The first-order valence-corrected chi connectivity index (χ1v) is 6.07. The van der Waals surface area contributed by atoms with Gasteiger partial charge in [-0.2, -0.15) is 0 Å². The minimum absolute atomic E-state index is 0.128. The van der Waals surface area contributed by atoms with Gasteiger partial charge in [0.05, 0.1) is 15.6 Å². The van der Waals surface area contributed by atoms with E-state index < -0.39 is 22.4 Å². The molecule has 0 heterocycles.